The number of nitriles is 1. The lowest BCUT2D eigenvalue weighted by molar-refractivity contribution is -0.116. The van der Waals surface area contributed by atoms with E-state index in [0.29, 0.717) is 36.1 Å². The number of amides is 1. The number of anilines is 1. The van der Waals surface area contributed by atoms with Crippen LogP contribution in [0.3, 0.4) is 0 Å². The van der Waals surface area contributed by atoms with Gasteiger partial charge >= 0.3 is 0 Å². The summed E-state index contributed by atoms with van der Waals surface area (Å²) in [4.78, 5) is 11.8. The van der Waals surface area contributed by atoms with Crippen molar-refractivity contribution in [1.29, 1.82) is 5.26 Å². The van der Waals surface area contributed by atoms with Crippen LogP contribution in [0.5, 0.6) is 0 Å². The van der Waals surface area contributed by atoms with E-state index in [1.54, 1.807) is 24.3 Å². The highest BCUT2D eigenvalue weighted by atomic mass is 16.1. The Morgan fingerprint density at radius 2 is 2.21 bits per heavy atom. The van der Waals surface area contributed by atoms with Crippen LogP contribution in [0.1, 0.15) is 32.3 Å². The third kappa shape index (κ3) is 5.11. The molecule has 0 heterocycles. The summed E-state index contributed by atoms with van der Waals surface area (Å²) < 4.78 is 0. The van der Waals surface area contributed by atoms with Gasteiger partial charge in [0.25, 0.3) is 0 Å². The van der Waals surface area contributed by atoms with Gasteiger partial charge in [-0.15, -0.1) is 0 Å². The maximum Gasteiger partial charge on any atom is 0.224 e. The molecule has 1 rings (SSSR count). The van der Waals surface area contributed by atoms with E-state index in [2.05, 4.69) is 19.2 Å². The van der Waals surface area contributed by atoms with Crippen LogP contribution in [-0.2, 0) is 4.79 Å². The monoisotopic (exact) mass is 259 g/mol. The first-order chi connectivity index (χ1) is 9.06. The number of benzene rings is 1. The quantitative estimate of drug-likeness (QED) is 0.823. The van der Waals surface area contributed by atoms with Crippen molar-refractivity contribution in [2.75, 3.05) is 11.9 Å². The van der Waals surface area contributed by atoms with Gasteiger partial charge in [-0.05, 0) is 43.0 Å². The molecule has 1 unspecified atom stereocenters. The summed E-state index contributed by atoms with van der Waals surface area (Å²) in [6.45, 7) is 4.84. The summed E-state index contributed by atoms with van der Waals surface area (Å²) in [5.41, 5.74) is 6.89. The molecule has 0 saturated heterocycles. The predicted molar refractivity (Wildman–Crippen MR) is 76.4 cm³/mol. The van der Waals surface area contributed by atoms with Crippen LogP contribution in [0, 0.1) is 23.2 Å². The number of carbonyl (C=O) groups excluding carboxylic acids is 1. The van der Waals surface area contributed by atoms with Crippen molar-refractivity contribution in [3.63, 3.8) is 0 Å². The molecular weight excluding hydrogens is 238 g/mol. The van der Waals surface area contributed by atoms with Gasteiger partial charge in [-0.1, -0.05) is 19.9 Å². The topological polar surface area (TPSA) is 78.9 Å². The molecule has 4 nitrogen and oxygen atoms in total. The number of carbonyl (C=O) groups is 1. The van der Waals surface area contributed by atoms with Gasteiger partial charge in [-0.25, -0.2) is 0 Å². The lowest BCUT2D eigenvalue weighted by Crippen LogP contribution is -2.22. The van der Waals surface area contributed by atoms with Crippen LogP contribution in [0.2, 0.25) is 0 Å². The fourth-order valence-electron chi connectivity index (χ4n) is 1.93. The van der Waals surface area contributed by atoms with Crippen LogP contribution in [0.15, 0.2) is 24.3 Å². The molecule has 1 aromatic rings. The molecule has 1 atom stereocenters. The first-order valence-corrected chi connectivity index (χ1v) is 6.57. The molecule has 0 aliphatic rings. The lowest BCUT2D eigenvalue weighted by atomic mass is 9.91. The van der Waals surface area contributed by atoms with E-state index < -0.39 is 0 Å². The zero-order valence-corrected chi connectivity index (χ0v) is 11.5. The van der Waals surface area contributed by atoms with E-state index in [0.717, 1.165) is 6.42 Å². The van der Waals surface area contributed by atoms with E-state index in [9.17, 15) is 4.79 Å². The maximum atomic E-state index is 11.8. The summed E-state index contributed by atoms with van der Waals surface area (Å²) in [5, 5.41) is 11.6. The average molecular weight is 259 g/mol. The molecule has 0 aliphatic heterocycles. The first kappa shape index (κ1) is 15.2. The Kier molecular flexibility index (Phi) is 6.04. The van der Waals surface area contributed by atoms with Gasteiger partial charge in [0, 0.05) is 12.1 Å². The minimum atomic E-state index is -0.0332. The highest BCUT2D eigenvalue weighted by Gasteiger charge is 2.13. The van der Waals surface area contributed by atoms with Crippen LogP contribution >= 0.6 is 0 Å². The van der Waals surface area contributed by atoms with Crippen LogP contribution in [0.4, 0.5) is 5.69 Å². The third-order valence-corrected chi connectivity index (χ3v) is 3.26. The standard InChI is InChI=1S/C15H21N3O/c1-11(2)13(10-17)6-7-15(19)18-14-5-3-4-12(8-14)9-16/h3-5,8,11,13H,6-7,10,17H2,1-2H3,(H,18,19). The van der Waals surface area contributed by atoms with Gasteiger partial charge in [0.15, 0.2) is 0 Å². The van der Waals surface area contributed by atoms with Crippen molar-refractivity contribution in [2.24, 2.45) is 17.6 Å². The fourth-order valence-corrected chi connectivity index (χ4v) is 1.93. The molecule has 102 valence electrons. The molecule has 0 radical (unpaired) electrons. The fraction of sp³-hybridized carbons (Fsp3) is 0.467. The van der Waals surface area contributed by atoms with Crippen molar-refractivity contribution in [3.05, 3.63) is 29.8 Å². The smallest absolute Gasteiger partial charge is 0.224 e. The molecule has 19 heavy (non-hydrogen) atoms. The SMILES string of the molecule is CC(C)C(CN)CCC(=O)Nc1cccc(C#N)c1. The van der Waals surface area contributed by atoms with E-state index in [-0.39, 0.29) is 5.91 Å². The minimum Gasteiger partial charge on any atom is -0.330 e. The van der Waals surface area contributed by atoms with Gasteiger partial charge in [0.2, 0.25) is 5.91 Å². The molecule has 1 amide bonds. The zero-order valence-electron chi connectivity index (χ0n) is 11.5. The van der Waals surface area contributed by atoms with E-state index in [1.165, 1.54) is 0 Å². The second-order valence-corrected chi connectivity index (χ2v) is 5.02. The Balaban J connectivity index is 2.49. The van der Waals surface area contributed by atoms with Gasteiger partial charge in [0.05, 0.1) is 11.6 Å². The molecule has 0 saturated carbocycles. The molecule has 1 aromatic carbocycles. The van der Waals surface area contributed by atoms with Crippen molar-refractivity contribution >= 4 is 11.6 Å². The predicted octanol–water partition coefficient (Wildman–Crippen LogP) is 2.51. The van der Waals surface area contributed by atoms with Gasteiger partial charge in [-0.2, -0.15) is 5.26 Å². The largest absolute Gasteiger partial charge is 0.330 e. The molecule has 0 bridgehead atoms. The van der Waals surface area contributed by atoms with E-state index in [4.69, 9.17) is 11.0 Å². The highest BCUT2D eigenvalue weighted by Crippen LogP contribution is 2.16. The molecular formula is C15H21N3O. The van der Waals surface area contributed by atoms with Crippen LogP contribution in [0.25, 0.3) is 0 Å². The molecule has 3 N–H and O–H groups in total. The summed E-state index contributed by atoms with van der Waals surface area (Å²) in [6, 6.07) is 8.96. The normalized spacial score (nSPS) is 11.9. The van der Waals surface area contributed by atoms with Gasteiger partial charge in [0.1, 0.15) is 0 Å². The Bertz CT molecular complexity index is 463. The van der Waals surface area contributed by atoms with Crippen molar-refractivity contribution < 1.29 is 4.79 Å². The van der Waals surface area contributed by atoms with Crippen LogP contribution < -0.4 is 11.1 Å². The highest BCUT2D eigenvalue weighted by molar-refractivity contribution is 5.90. The number of rotatable bonds is 6. The Morgan fingerprint density at radius 3 is 2.79 bits per heavy atom. The number of hydrogen-bond acceptors (Lipinski definition) is 3. The Hall–Kier alpha value is -1.86. The van der Waals surface area contributed by atoms with Crippen molar-refractivity contribution in [1.82, 2.24) is 0 Å². The molecule has 0 spiro atoms. The van der Waals surface area contributed by atoms with Gasteiger partial charge in [-0.3, -0.25) is 4.79 Å². The first-order valence-electron chi connectivity index (χ1n) is 6.57. The lowest BCUT2D eigenvalue weighted by Gasteiger charge is -2.18. The van der Waals surface area contributed by atoms with E-state index in [1.807, 2.05) is 6.07 Å². The summed E-state index contributed by atoms with van der Waals surface area (Å²) in [5.74, 6) is 0.824. The summed E-state index contributed by atoms with van der Waals surface area (Å²) in [6.07, 6.45) is 1.24. The maximum absolute atomic E-state index is 11.8. The molecule has 4 heteroatoms. The molecule has 0 fully saturated rings. The second-order valence-electron chi connectivity index (χ2n) is 5.02. The minimum absolute atomic E-state index is 0.0332. The van der Waals surface area contributed by atoms with Crippen molar-refractivity contribution in [3.8, 4) is 6.07 Å². The van der Waals surface area contributed by atoms with Crippen LogP contribution in [-0.4, -0.2) is 12.5 Å². The third-order valence-electron chi connectivity index (χ3n) is 3.26. The van der Waals surface area contributed by atoms with E-state index >= 15 is 0 Å². The molecule has 0 aromatic heterocycles. The Labute approximate surface area is 114 Å². The number of hydrogen-bond donors (Lipinski definition) is 2. The molecule has 0 aliphatic carbocycles. The average Bonchev–Trinajstić information content (AvgIpc) is 2.39. The summed E-state index contributed by atoms with van der Waals surface area (Å²) >= 11 is 0. The number of nitrogens with two attached hydrogens (primary N) is 1. The second kappa shape index (κ2) is 7.55. The number of nitrogens with zero attached hydrogens (tertiary/aromatic N) is 1. The van der Waals surface area contributed by atoms with Crippen molar-refractivity contribution in [2.45, 2.75) is 26.7 Å². The van der Waals surface area contributed by atoms with Gasteiger partial charge < -0.3 is 11.1 Å². The number of nitrogens with one attached hydrogen (secondary N) is 1. The summed E-state index contributed by atoms with van der Waals surface area (Å²) in [7, 11) is 0. The Morgan fingerprint density at radius 1 is 1.47 bits per heavy atom. The zero-order chi connectivity index (χ0) is 14.3.